The van der Waals surface area contributed by atoms with Crippen molar-refractivity contribution in [2.75, 3.05) is 31.1 Å². The molecule has 5 heteroatoms. The van der Waals surface area contributed by atoms with E-state index in [0.717, 1.165) is 81.0 Å². The summed E-state index contributed by atoms with van der Waals surface area (Å²) in [4.78, 5) is 18.4. The maximum Gasteiger partial charge on any atom is 0.234 e. The quantitative estimate of drug-likeness (QED) is 0.703. The second kappa shape index (κ2) is 9.42. The van der Waals surface area contributed by atoms with Crippen LogP contribution in [0.5, 0.6) is 0 Å². The summed E-state index contributed by atoms with van der Waals surface area (Å²) in [7, 11) is 0. The van der Waals surface area contributed by atoms with Crippen molar-refractivity contribution < 1.29 is 9.18 Å². The molecular formula is C27H40FN3O. The third-order valence-electron chi connectivity index (χ3n) is 8.96. The first-order valence-electron chi connectivity index (χ1n) is 13.1. The Kier molecular flexibility index (Phi) is 6.58. The standard InChI is InChI=1S/C27H40FN3O/c1-18(2)20-3-6-22(7-4-20)30-13-10-23(11-14-30)31-26-8-5-21(28)16-24(26)25(27(31)32)15-19-9-12-29-17-19/h5,8,16,18-20,22-23,25,29H,3-4,6-7,9-15,17H2,1-2H3. The van der Waals surface area contributed by atoms with Crippen molar-refractivity contribution in [1.29, 1.82) is 0 Å². The van der Waals surface area contributed by atoms with Gasteiger partial charge in [-0.3, -0.25) is 4.79 Å². The Hall–Kier alpha value is -1.46. The first-order valence-corrected chi connectivity index (χ1v) is 13.1. The number of halogens is 1. The van der Waals surface area contributed by atoms with E-state index in [2.05, 4.69) is 29.0 Å². The maximum atomic E-state index is 14.1. The number of piperidine rings is 1. The summed E-state index contributed by atoms with van der Waals surface area (Å²) in [6.07, 6.45) is 9.41. The van der Waals surface area contributed by atoms with Gasteiger partial charge in [0.25, 0.3) is 0 Å². The number of fused-ring (bicyclic) bond motifs is 1. The molecule has 176 valence electrons. The maximum absolute atomic E-state index is 14.1. The fraction of sp³-hybridized carbons (Fsp3) is 0.741. The lowest BCUT2D eigenvalue weighted by Crippen LogP contribution is -2.50. The Bertz CT molecular complexity index is 805. The molecule has 32 heavy (non-hydrogen) atoms. The number of nitrogens with zero attached hydrogens (tertiary/aromatic N) is 2. The van der Waals surface area contributed by atoms with Crippen LogP contribution in [0.1, 0.15) is 76.7 Å². The van der Waals surface area contributed by atoms with Gasteiger partial charge in [-0.1, -0.05) is 13.8 Å². The average molecular weight is 442 g/mol. The van der Waals surface area contributed by atoms with Crippen LogP contribution in [-0.2, 0) is 4.79 Å². The van der Waals surface area contributed by atoms with Gasteiger partial charge in [-0.2, -0.15) is 0 Å². The van der Waals surface area contributed by atoms with E-state index in [1.165, 1.54) is 31.7 Å². The number of anilines is 1. The first-order chi connectivity index (χ1) is 15.5. The number of hydrogen-bond donors (Lipinski definition) is 1. The summed E-state index contributed by atoms with van der Waals surface area (Å²) in [5.74, 6) is 2.04. The van der Waals surface area contributed by atoms with Gasteiger partial charge in [-0.05, 0) is 106 Å². The van der Waals surface area contributed by atoms with E-state index in [9.17, 15) is 9.18 Å². The number of hydrogen-bond acceptors (Lipinski definition) is 3. The molecule has 0 bridgehead atoms. The zero-order valence-electron chi connectivity index (χ0n) is 19.9. The van der Waals surface area contributed by atoms with Crippen molar-refractivity contribution in [2.45, 2.75) is 83.2 Å². The molecule has 1 N–H and O–H groups in total. The van der Waals surface area contributed by atoms with E-state index < -0.39 is 0 Å². The molecule has 3 fully saturated rings. The van der Waals surface area contributed by atoms with E-state index in [1.54, 1.807) is 6.07 Å². The van der Waals surface area contributed by atoms with Gasteiger partial charge in [0.1, 0.15) is 5.82 Å². The van der Waals surface area contributed by atoms with Gasteiger partial charge in [-0.25, -0.2) is 4.39 Å². The molecule has 4 aliphatic rings. The van der Waals surface area contributed by atoms with Crippen molar-refractivity contribution in [2.24, 2.45) is 17.8 Å². The summed E-state index contributed by atoms with van der Waals surface area (Å²) < 4.78 is 14.1. The van der Waals surface area contributed by atoms with Gasteiger partial charge in [0, 0.05) is 30.9 Å². The Morgan fingerprint density at radius 2 is 1.78 bits per heavy atom. The molecular weight excluding hydrogens is 401 g/mol. The fourth-order valence-electron chi connectivity index (χ4n) is 6.94. The molecule has 4 nitrogen and oxygen atoms in total. The van der Waals surface area contributed by atoms with Crippen molar-refractivity contribution >= 4 is 11.6 Å². The minimum Gasteiger partial charge on any atom is -0.316 e. The molecule has 2 atom stereocenters. The number of rotatable bonds is 5. The van der Waals surface area contributed by atoms with E-state index >= 15 is 0 Å². The number of likely N-dealkylation sites (tertiary alicyclic amines) is 1. The van der Waals surface area contributed by atoms with Crippen LogP contribution in [0.4, 0.5) is 10.1 Å². The van der Waals surface area contributed by atoms with Crippen molar-refractivity contribution in [1.82, 2.24) is 10.2 Å². The van der Waals surface area contributed by atoms with E-state index in [0.29, 0.717) is 5.92 Å². The Balaban J connectivity index is 1.25. The Morgan fingerprint density at radius 3 is 2.44 bits per heavy atom. The highest BCUT2D eigenvalue weighted by Crippen LogP contribution is 2.44. The Morgan fingerprint density at radius 1 is 1.03 bits per heavy atom. The first kappa shape index (κ1) is 22.3. The predicted molar refractivity (Wildman–Crippen MR) is 127 cm³/mol. The smallest absolute Gasteiger partial charge is 0.234 e. The molecule has 1 aliphatic carbocycles. The molecule has 1 aromatic rings. The second-order valence-corrected chi connectivity index (χ2v) is 11.1. The van der Waals surface area contributed by atoms with Crippen molar-refractivity contribution in [3.05, 3.63) is 29.6 Å². The third-order valence-corrected chi connectivity index (χ3v) is 8.96. The van der Waals surface area contributed by atoms with Crippen LogP contribution in [-0.4, -0.2) is 49.1 Å². The van der Waals surface area contributed by atoms with Crippen LogP contribution in [0.15, 0.2) is 18.2 Å². The predicted octanol–water partition coefficient (Wildman–Crippen LogP) is 4.93. The lowest BCUT2D eigenvalue weighted by molar-refractivity contribution is -0.120. The number of amides is 1. The second-order valence-electron chi connectivity index (χ2n) is 11.1. The normalized spacial score (nSPS) is 32.1. The molecule has 5 rings (SSSR count). The summed E-state index contributed by atoms with van der Waals surface area (Å²) in [6.45, 7) is 8.90. The summed E-state index contributed by atoms with van der Waals surface area (Å²) in [5, 5.41) is 3.41. The molecule has 0 spiro atoms. The number of benzene rings is 1. The van der Waals surface area contributed by atoms with Crippen LogP contribution < -0.4 is 10.2 Å². The molecule has 3 heterocycles. The van der Waals surface area contributed by atoms with Crippen LogP contribution in [0, 0.1) is 23.6 Å². The average Bonchev–Trinajstić information content (AvgIpc) is 3.41. The third kappa shape index (κ3) is 4.35. The molecule has 0 radical (unpaired) electrons. The summed E-state index contributed by atoms with van der Waals surface area (Å²) in [5.41, 5.74) is 1.90. The van der Waals surface area contributed by atoms with E-state index in [4.69, 9.17) is 0 Å². The fourth-order valence-corrected chi connectivity index (χ4v) is 6.94. The zero-order chi connectivity index (χ0) is 22.2. The SMILES string of the molecule is CC(C)C1CCC(N2CCC(N3C(=O)C(CC4CCNC4)c4cc(F)ccc43)CC2)CC1. The number of carbonyl (C=O) groups is 1. The molecule has 1 amide bonds. The van der Waals surface area contributed by atoms with Crippen molar-refractivity contribution in [3.63, 3.8) is 0 Å². The van der Waals surface area contributed by atoms with Gasteiger partial charge in [0.05, 0.1) is 5.92 Å². The van der Waals surface area contributed by atoms with Crippen LogP contribution in [0.2, 0.25) is 0 Å². The largest absolute Gasteiger partial charge is 0.316 e. The van der Waals surface area contributed by atoms with Crippen LogP contribution >= 0.6 is 0 Å². The molecule has 0 aromatic heterocycles. The number of nitrogens with one attached hydrogen (secondary N) is 1. The minimum atomic E-state index is -0.222. The molecule has 2 unspecified atom stereocenters. The molecule has 3 aliphatic heterocycles. The minimum absolute atomic E-state index is 0.171. The summed E-state index contributed by atoms with van der Waals surface area (Å²) in [6, 6.07) is 5.99. The molecule has 2 saturated heterocycles. The van der Waals surface area contributed by atoms with Crippen molar-refractivity contribution in [3.8, 4) is 0 Å². The van der Waals surface area contributed by atoms with Gasteiger partial charge in [0.2, 0.25) is 5.91 Å². The monoisotopic (exact) mass is 441 g/mol. The van der Waals surface area contributed by atoms with Gasteiger partial charge >= 0.3 is 0 Å². The molecule has 1 saturated carbocycles. The Labute approximate surface area is 192 Å². The van der Waals surface area contributed by atoms with Gasteiger partial charge in [0.15, 0.2) is 0 Å². The highest BCUT2D eigenvalue weighted by atomic mass is 19.1. The van der Waals surface area contributed by atoms with E-state index in [1.807, 2.05) is 6.07 Å². The lowest BCUT2D eigenvalue weighted by Gasteiger charge is -2.43. The highest BCUT2D eigenvalue weighted by molar-refractivity contribution is 6.05. The van der Waals surface area contributed by atoms with Gasteiger partial charge < -0.3 is 15.1 Å². The topological polar surface area (TPSA) is 35.6 Å². The number of carbonyl (C=O) groups excluding carboxylic acids is 1. The highest BCUT2D eigenvalue weighted by Gasteiger charge is 2.43. The van der Waals surface area contributed by atoms with Gasteiger partial charge in [-0.15, -0.1) is 0 Å². The summed E-state index contributed by atoms with van der Waals surface area (Å²) >= 11 is 0. The van der Waals surface area contributed by atoms with Crippen LogP contribution in [0.25, 0.3) is 0 Å². The molecule has 1 aromatic carbocycles. The lowest BCUT2D eigenvalue weighted by atomic mass is 9.79. The van der Waals surface area contributed by atoms with Crippen LogP contribution in [0.3, 0.4) is 0 Å². The van der Waals surface area contributed by atoms with E-state index in [-0.39, 0.29) is 23.7 Å². The zero-order valence-corrected chi connectivity index (χ0v) is 19.9.